The Morgan fingerprint density at radius 1 is 1.42 bits per heavy atom. The molecule has 0 aliphatic carbocycles. The fourth-order valence-corrected chi connectivity index (χ4v) is 0.438. The van der Waals surface area contributed by atoms with E-state index in [-0.39, 0.29) is 5.70 Å². The van der Waals surface area contributed by atoms with Crippen LogP contribution in [0.4, 0.5) is 8.78 Å². The molecule has 0 aromatic rings. The van der Waals surface area contributed by atoms with Crippen LogP contribution in [0.25, 0.3) is 0 Å². The summed E-state index contributed by atoms with van der Waals surface area (Å²) in [5.41, 5.74) is 9.29. The smallest absolute Gasteiger partial charge is 0.282 e. The fourth-order valence-electron chi connectivity index (χ4n) is 0.438. The van der Waals surface area contributed by atoms with E-state index in [1.807, 2.05) is 13.8 Å². The predicted molar refractivity (Wildman–Crippen MR) is 47.2 cm³/mol. The summed E-state index contributed by atoms with van der Waals surface area (Å²) in [7, 11) is 1.23. The summed E-state index contributed by atoms with van der Waals surface area (Å²) in [5.74, 6) is 0. The van der Waals surface area contributed by atoms with Gasteiger partial charge in [-0.05, 0) is 0 Å². The summed E-state index contributed by atoms with van der Waals surface area (Å²) >= 11 is 0. The molecule has 0 aliphatic rings. The first-order valence-electron chi connectivity index (χ1n) is 3.56. The van der Waals surface area contributed by atoms with Gasteiger partial charge in [-0.2, -0.15) is 0 Å². The highest BCUT2D eigenvalue weighted by Gasteiger charge is 2.13. The third-order valence-corrected chi connectivity index (χ3v) is 0.923. The van der Waals surface area contributed by atoms with E-state index in [4.69, 9.17) is 11.5 Å². The maximum absolute atomic E-state index is 11.8. The van der Waals surface area contributed by atoms with Gasteiger partial charge in [0.05, 0.1) is 5.70 Å². The van der Waals surface area contributed by atoms with Gasteiger partial charge >= 0.3 is 0 Å². The van der Waals surface area contributed by atoms with Crippen LogP contribution in [0, 0.1) is 0 Å². The normalized spacial score (nSPS) is 12.5. The van der Waals surface area contributed by atoms with Crippen molar-refractivity contribution in [2.75, 3.05) is 7.05 Å². The monoisotopic (exact) mass is 179 g/mol. The zero-order chi connectivity index (χ0) is 10.1. The summed E-state index contributed by atoms with van der Waals surface area (Å²) in [6, 6.07) is 0. The zero-order valence-electron chi connectivity index (χ0n) is 7.51. The van der Waals surface area contributed by atoms with E-state index in [1.54, 1.807) is 0 Å². The molecule has 0 saturated carbocycles. The number of nitrogens with two attached hydrogens (primary N) is 2. The van der Waals surface area contributed by atoms with Crippen LogP contribution in [-0.2, 0) is 0 Å². The molecule has 0 rings (SSSR count). The first-order chi connectivity index (χ1) is 5.63. The first kappa shape index (κ1) is 13.5. The number of hydrogen-bond donors (Lipinski definition) is 2. The van der Waals surface area contributed by atoms with Crippen LogP contribution in [0.1, 0.15) is 13.8 Å². The van der Waals surface area contributed by atoms with Crippen molar-refractivity contribution < 1.29 is 8.78 Å². The molecule has 12 heavy (non-hydrogen) atoms. The average molecular weight is 179 g/mol. The van der Waals surface area contributed by atoms with Gasteiger partial charge in [-0.15, -0.1) is 0 Å². The van der Waals surface area contributed by atoms with E-state index in [0.717, 1.165) is 6.20 Å². The third-order valence-electron chi connectivity index (χ3n) is 0.923. The van der Waals surface area contributed by atoms with E-state index < -0.39 is 12.1 Å². The second-order valence-corrected chi connectivity index (χ2v) is 1.53. The second-order valence-electron chi connectivity index (χ2n) is 1.53. The molecular weight excluding hydrogens is 164 g/mol. The Balaban J connectivity index is 0. The molecule has 0 saturated heterocycles. The molecule has 0 amide bonds. The Morgan fingerprint density at radius 3 is 1.92 bits per heavy atom. The van der Waals surface area contributed by atoms with Crippen LogP contribution < -0.4 is 11.5 Å². The Kier molecular flexibility index (Phi) is 8.94. The maximum atomic E-state index is 11.8. The van der Waals surface area contributed by atoms with Crippen molar-refractivity contribution in [3.05, 3.63) is 11.9 Å². The molecule has 0 fully saturated rings. The van der Waals surface area contributed by atoms with Crippen molar-refractivity contribution in [3.8, 4) is 0 Å². The lowest BCUT2D eigenvalue weighted by Gasteiger charge is -2.01. The zero-order valence-corrected chi connectivity index (χ0v) is 7.51. The molecule has 0 heterocycles. The fraction of sp³-hybridized carbons (Fsp3) is 0.571. The molecule has 3 nitrogen and oxygen atoms in total. The molecule has 0 aliphatic heterocycles. The van der Waals surface area contributed by atoms with Crippen molar-refractivity contribution in [2.24, 2.45) is 16.5 Å². The minimum absolute atomic E-state index is 0.183. The number of halogens is 2. The van der Waals surface area contributed by atoms with Gasteiger partial charge in [-0.3, -0.25) is 4.99 Å². The molecule has 0 spiro atoms. The lowest BCUT2D eigenvalue weighted by molar-refractivity contribution is 0.226. The Labute approximate surface area is 71.2 Å². The van der Waals surface area contributed by atoms with Crippen LogP contribution in [0.2, 0.25) is 0 Å². The predicted octanol–water partition coefficient (Wildman–Crippen LogP) is 1.11. The third kappa shape index (κ3) is 4.65. The van der Waals surface area contributed by atoms with Gasteiger partial charge in [0.25, 0.3) is 6.43 Å². The largest absolute Gasteiger partial charge is 0.403 e. The van der Waals surface area contributed by atoms with Gasteiger partial charge in [-0.25, -0.2) is 8.78 Å². The Morgan fingerprint density at radius 2 is 1.83 bits per heavy atom. The molecule has 0 atom stereocenters. The number of hydrogen-bond acceptors (Lipinski definition) is 3. The van der Waals surface area contributed by atoms with Crippen LogP contribution in [0.5, 0.6) is 0 Å². The summed E-state index contributed by atoms with van der Waals surface area (Å²) in [6.07, 6.45) is -1.76. The summed E-state index contributed by atoms with van der Waals surface area (Å²) in [4.78, 5) is 3.25. The average Bonchev–Trinajstić information content (AvgIpc) is 2.08. The number of rotatable bonds is 2. The van der Waals surface area contributed by atoms with Gasteiger partial charge in [0.2, 0.25) is 0 Å². The molecule has 0 radical (unpaired) electrons. The number of alkyl halides is 2. The molecule has 4 N–H and O–H groups in total. The lowest BCUT2D eigenvalue weighted by Crippen LogP contribution is -2.20. The van der Waals surface area contributed by atoms with Gasteiger partial charge in [0, 0.05) is 13.2 Å². The summed E-state index contributed by atoms with van der Waals surface area (Å²) in [5, 5.41) is 0. The van der Waals surface area contributed by atoms with Crippen molar-refractivity contribution in [1.82, 2.24) is 0 Å². The van der Waals surface area contributed by atoms with Crippen LogP contribution in [0.3, 0.4) is 0 Å². The van der Waals surface area contributed by atoms with Crippen LogP contribution in [-0.4, -0.2) is 19.2 Å². The van der Waals surface area contributed by atoms with Gasteiger partial charge in [-0.1, -0.05) is 13.8 Å². The topological polar surface area (TPSA) is 64.4 Å². The molecule has 72 valence electrons. The SMILES string of the molecule is CC.CN=C(/C(N)=C\N)C(F)F. The highest BCUT2D eigenvalue weighted by atomic mass is 19.3. The highest BCUT2D eigenvalue weighted by molar-refractivity contribution is 6.01. The summed E-state index contributed by atoms with van der Waals surface area (Å²) < 4.78 is 23.7. The van der Waals surface area contributed by atoms with Crippen molar-refractivity contribution in [2.45, 2.75) is 20.3 Å². The standard InChI is InChI=1S/C5H9F2N3.C2H6/c1-10-4(5(6)7)3(9)2-8;1-2/h2,5H,8-9H2,1H3;1-2H3/b3-2+,10-4?;. The van der Waals surface area contributed by atoms with E-state index in [0.29, 0.717) is 0 Å². The molecule has 0 aromatic carbocycles. The first-order valence-corrected chi connectivity index (χ1v) is 3.56. The molecule has 0 aromatic heterocycles. The highest BCUT2D eigenvalue weighted by Crippen LogP contribution is 2.00. The Bertz CT molecular complexity index is 164. The summed E-state index contributed by atoms with van der Waals surface area (Å²) in [6.45, 7) is 4.00. The van der Waals surface area contributed by atoms with E-state index in [2.05, 4.69) is 4.99 Å². The number of allylic oxidation sites excluding steroid dienone is 1. The second kappa shape index (κ2) is 7.97. The Hall–Kier alpha value is -1.13. The van der Waals surface area contributed by atoms with E-state index >= 15 is 0 Å². The molecule has 5 heteroatoms. The molecule has 0 unspecified atom stereocenters. The van der Waals surface area contributed by atoms with Crippen molar-refractivity contribution >= 4 is 5.71 Å². The van der Waals surface area contributed by atoms with Gasteiger partial charge in [0.15, 0.2) is 0 Å². The minimum atomic E-state index is -2.66. The number of nitrogens with zero attached hydrogens (tertiary/aromatic N) is 1. The lowest BCUT2D eigenvalue weighted by atomic mass is 10.3. The van der Waals surface area contributed by atoms with E-state index in [9.17, 15) is 8.78 Å². The minimum Gasteiger partial charge on any atom is -0.403 e. The van der Waals surface area contributed by atoms with Crippen LogP contribution in [0.15, 0.2) is 16.9 Å². The quantitative estimate of drug-likeness (QED) is 0.623. The number of aliphatic imine (C=N–C) groups is 1. The van der Waals surface area contributed by atoms with Gasteiger partial charge < -0.3 is 11.5 Å². The maximum Gasteiger partial charge on any atom is 0.282 e. The van der Waals surface area contributed by atoms with Crippen molar-refractivity contribution in [1.29, 1.82) is 0 Å². The van der Waals surface area contributed by atoms with Gasteiger partial charge in [0.1, 0.15) is 5.71 Å². The molecule has 0 bridgehead atoms. The van der Waals surface area contributed by atoms with Crippen molar-refractivity contribution in [3.63, 3.8) is 0 Å². The van der Waals surface area contributed by atoms with Crippen LogP contribution >= 0.6 is 0 Å². The van der Waals surface area contributed by atoms with E-state index in [1.165, 1.54) is 7.05 Å². The molecular formula is C7H15F2N3.